The maximum atomic E-state index is 6.21. The predicted octanol–water partition coefficient (Wildman–Crippen LogP) is 7.57. The van der Waals surface area contributed by atoms with Crippen molar-refractivity contribution in [1.82, 2.24) is 4.98 Å². The van der Waals surface area contributed by atoms with Crippen molar-refractivity contribution in [3.8, 4) is 17.0 Å². The number of thiophene rings is 1. The second kappa shape index (κ2) is 7.92. The summed E-state index contributed by atoms with van der Waals surface area (Å²) in [5, 5.41) is 4.55. The van der Waals surface area contributed by atoms with Crippen LogP contribution in [-0.4, -0.2) is 4.98 Å². The van der Waals surface area contributed by atoms with E-state index in [0.717, 1.165) is 28.8 Å². The maximum Gasteiger partial charge on any atom is 0.129 e. The van der Waals surface area contributed by atoms with Crippen LogP contribution < -0.4 is 4.74 Å². The minimum absolute atomic E-state index is 0.553. The van der Waals surface area contributed by atoms with E-state index in [1.807, 2.05) is 0 Å². The summed E-state index contributed by atoms with van der Waals surface area (Å²) in [5.74, 6) is 0.886. The van der Waals surface area contributed by atoms with Gasteiger partial charge in [0.05, 0.1) is 11.2 Å². The largest absolute Gasteiger partial charge is 0.488 e. The Balaban J connectivity index is 1.55. The van der Waals surface area contributed by atoms with Gasteiger partial charge < -0.3 is 4.74 Å². The molecule has 0 aliphatic rings. The Bertz CT molecular complexity index is 1330. The van der Waals surface area contributed by atoms with Crippen LogP contribution in [0.4, 0.5) is 0 Å². The van der Waals surface area contributed by atoms with Crippen LogP contribution in [0.2, 0.25) is 0 Å². The number of pyridine rings is 1. The van der Waals surface area contributed by atoms with Crippen LogP contribution in [0.25, 0.3) is 32.2 Å². The molecule has 30 heavy (non-hydrogen) atoms. The van der Waals surface area contributed by atoms with Crippen molar-refractivity contribution in [2.24, 2.45) is 0 Å². The molecule has 2 aromatic heterocycles. The molecule has 3 heteroatoms. The summed E-state index contributed by atoms with van der Waals surface area (Å²) in [6.07, 6.45) is 0.940. The molecule has 0 saturated carbocycles. The van der Waals surface area contributed by atoms with Crippen molar-refractivity contribution in [3.63, 3.8) is 0 Å². The molecular weight excluding hydrogens is 386 g/mol. The minimum Gasteiger partial charge on any atom is -0.488 e. The van der Waals surface area contributed by atoms with Crippen LogP contribution in [0.1, 0.15) is 23.6 Å². The Morgan fingerprint density at radius 1 is 0.867 bits per heavy atom. The number of aryl methyl sites for hydroxylation is 2. The molecule has 5 rings (SSSR count). The molecule has 0 unspecified atom stereocenters. The van der Waals surface area contributed by atoms with Crippen LogP contribution in [-0.2, 0) is 13.0 Å². The third-order valence-electron chi connectivity index (χ3n) is 5.55. The number of hydrogen-bond donors (Lipinski definition) is 0. The van der Waals surface area contributed by atoms with E-state index in [0.29, 0.717) is 6.61 Å². The summed E-state index contributed by atoms with van der Waals surface area (Å²) in [6.45, 7) is 4.83. The number of rotatable bonds is 5. The van der Waals surface area contributed by atoms with E-state index >= 15 is 0 Å². The number of ether oxygens (including phenoxy) is 1. The van der Waals surface area contributed by atoms with E-state index < -0.39 is 0 Å². The Morgan fingerprint density at radius 2 is 1.70 bits per heavy atom. The van der Waals surface area contributed by atoms with Crippen LogP contribution >= 0.6 is 11.3 Å². The van der Waals surface area contributed by atoms with Crippen molar-refractivity contribution < 1.29 is 4.74 Å². The van der Waals surface area contributed by atoms with Crippen LogP contribution in [0.5, 0.6) is 5.75 Å². The minimum atomic E-state index is 0.553. The fourth-order valence-electron chi connectivity index (χ4n) is 3.83. The Hall–Kier alpha value is -3.17. The van der Waals surface area contributed by atoms with Crippen molar-refractivity contribution in [3.05, 3.63) is 94.9 Å². The lowest BCUT2D eigenvalue weighted by Crippen LogP contribution is -1.98. The van der Waals surface area contributed by atoms with E-state index in [-0.39, 0.29) is 0 Å². The molecule has 0 aliphatic heterocycles. The van der Waals surface area contributed by atoms with Gasteiger partial charge in [0, 0.05) is 26.4 Å². The molecule has 3 aromatic carbocycles. The van der Waals surface area contributed by atoms with E-state index in [2.05, 4.69) is 92.0 Å². The molecular formula is C27H23NOS. The number of benzene rings is 3. The van der Waals surface area contributed by atoms with Crippen molar-refractivity contribution >= 4 is 32.3 Å². The second-order valence-electron chi connectivity index (χ2n) is 7.59. The molecule has 0 bridgehead atoms. The Morgan fingerprint density at radius 3 is 2.53 bits per heavy atom. The molecule has 148 valence electrons. The molecule has 0 saturated heterocycles. The highest BCUT2D eigenvalue weighted by Crippen LogP contribution is 2.36. The van der Waals surface area contributed by atoms with Crippen molar-refractivity contribution in [2.75, 3.05) is 0 Å². The van der Waals surface area contributed by atoms with Gasteiger partial charge in [0.1, 0.15) is 12.4 Å². The van der Waals surface area contributed by atoms with Gasteiger partial charge in [0.2, 0.25) is 0 Å². The average Bonchev–Trinajstić information content (AvgIpc) is 3.22. The fraction of sp³-hybridized carbons (Fsp3) is 0.148. The first-order chi connectivity index (χ1) is 14.7. The SMILES string of the molecule is CCc1ccc(OCc2ccc(C)cc2)c2ccc(-c3csc4ccccc34)nc12. The number of aromatic nitrogens is 1. The molecule has 5 aromatic rings. The van der Waals surface area contributed by atoms with Gasteiger partial charge in [-0.3, -0.25) is 0 Å². The quantitative estimate of drug-likeness (QED) is 0.299. The highest BCUT2D eigenvalue weighted by atomic mass is 32.1. The number of fused-ring (bicyclic) bond motifs is 2. The molecule has 0 fully saturated rings. The van der Waals surface area contributed by atoms with Gasteiger partial charge in [0.25, 0.3) is 0 Å². The van der Waals surface area contributed by atoms with Gasteiger partial charge in [0.15, 0.2) is 0 Å². The van der Waals surface area contributed by atoms with E-state index in [1.54, 1.807) is 11.3 Å². The van der Waals surface area contributed by atoms with Gasteiger partial charge in [-0.1, -0.05) is 61.0 Å². The lowest BCUT2D eigenvalue weighted by Gasteiger charge is -2.13. The average molecular weight is 410 g/mol. The maximum absolute atomic E-state index is 6.21. The lowest BCUT2D eigenvalue weighted by molar-refractivity contribution is 0.310. The summed E-state index contributed by atoms with van der Waals surface area (Å²) in [4.78, 5) is 5.09. The van der Waals surface area contributed by atoms with Gasteiger partial charge in [-0.15, -0.1) is 11.3 Å². The summed E-state index contributed by atoms with van der Waals surface area (Å²) < 4.78 is 7.50. The molecule has 0 N–H and O–H groups in total. The zero-order valence-corrected chi connectivity index (χ0v) is 18.0. The Kier molecular flexibility index (Phi) is 4.97. The van der Waals surface area contributed by atoms with Crippen molar-refractivity contribution in [2.45, 2.75) is 26.9 Å². The molecule has 2 heterocycles. The first-order valence-electron chi connectivity index (χ1n) is 10.3. The van der Waals surface area contributed by atoms with Gasteiger partial charge in [-0.05, 0) is 48.7 Å². The molecule has 0 spiro atoms. The van der Waals surface area contributed by atoms with Gasteiger partial charge >= 0.3 is 0 Å². The lowest BCUT2D eigenvalue weighted by atomic mass is 10.0. The van der Waals surface area contributed by atoms with E-state index in [4.69, 9.17) is 9.72 Å². The second-order valence-corrected chi connectivity index (χ2v) is 8.50. The van der Waals surface area contributed by atoms with Gasteiger partial charge in [-0.25, -0.2) is 4.98 Å². The van der Waals surface area contributed by atoms with Crippen LogP contribution in [0, 0.1) is 6.92 Å². The van der Waals surface area contributed by atoms with E-state index in [1.165, 1.54) is 32.3 Å². The van der Waals surface area contributed by atoms with Crippen LogP contribution in [0.15, 0.2) is 78.2 Å². The summed E-state index contributed by atoms with van der Waals surface area (Å²) >= 11 is 1.77. The topological polar surface area (TPSA) is 22.1 Å². The standard InChI is InChI=1S/C27H23NOS/c1-3-20-12-15-25(29-16-19-10-8-18(2)9-11-19)22-13-14-24(28-27(20)22)23-17-30-26-7-5-4-6-21(23)26/h4-15,17H,3,16H2,1-2H3. The molecule has 0 atom stereocenters. The van der Waals surface area contributed by atoms with Crippen LogP contribution in [0.3, 0.4) is 0 Å². The monoisotopic (exact) mass is 409 g/mol. The van der Waals surface area contributed by atoms with Crippen molar-refractivity contribution in [1.29, 1.82) is 0 Å². The zero-order valence-electron chi connectivity index (χ0n) is 17.2. The highest BCUT2D eigenvalue weighted by Gasteiger charge is 2.12. The highest BCUT2D eigenvalue weighted by molar-refractivity contribution is 7.17. The predicted molar refractivity (Wildman–Crippen MR) is 127 cm³/mol. The molecule has 0 aliphatic carbocycles. The van der Waals surface area contributed by atoms with Gasteiger partial charge in [-0.2, -0.15) is 0 Å². The number of hydrogen-bond acceptors (Lipinski definition) is 3. The first kappa shape index (κ1) is 18.8. The zero-order chi connectivity index (χ0) is 20.5. The van der Waals surface area contributed by atoms with E-state index in [9.17, 15) is 0 Å². The smallest absolute Gasteiger partial charge is 0.129 e. The summed E-state index contributed by atoms with van der Waals surface area (Å²) in [6, 6.07) is 25.5. The Labute approximate surface area is 180 Å². The fourth-order valence-corrected chi connectivity index (χ4v) is 4.79. The first-order valence-corrected chi connectivity index (χ1v) is 11.2. The summed E-state index contributed by atoms with van der Waals surface area (Å²) in [5.41, 5.74) is 6.92. The number of nitrogens with zero attached hydrogens (tertiary/aromatic N) is 1. The molecule has 0 radical (unpaired) electrons. The summed E-state index contributed by atoms with van der Waals surface area (Å²) in [7, 11) is 0. The third-order valence-corrected chi connectivity index (χ3v) is 6.52. The molecule has 2 nitrogen and oxygen atoms in total. The molecule has 0 amide bonds. The third kappa shape index (κ3) is 3.46. The normalized spacial score (nSPS) is 11.3.